The number of thiazole rings is 1. The molecule has 20 heavy (non-hydrogen) atoms. The number of halogens is 1. The lowest BCUT2D eigenvalue weighted by molar-refractivity contribution is 0.417. The van der Waals surface area contributed by atoms with Crippen molar-refractivity contribution < 1.29 is 0 Å². The first-order valence-electron chi connectivity index (χ1n) is 7.16. The Kier molecular flexibility index (Phi) is 4.79. The Morgan fingerprint density at radius 2 is 2.35 bits per heavy atom. The first kappa shape index (κ1) is 14.9. The summed E-state index contributed by atoms with van der Waals surface area (Å²) < 4.78 is 1.41. The fourth-order valence-corrected chi connectivity index (χ4v) is 5.74. The Hall–Kier alpha value is 0.0200. The summed E-state index contributed by atoms with van der Waals surface area (Å²) in [5, 5.41) is 5.01. The van der Waals surface area contributed by atoms with E-state index in [4.69, 9.17) is 0 Å². The highest BCUT2D eigenvalue weighted by Crippen LogP contribution is 2.37. The van der Waals surface area contributed by atoms with Gasteiger partial charge in [-0.15, -0.1) is 22.7 Å². The summed E-state index contributed by atoms with van der Waals surface area (Å²) in [5.41, 5.74) is 1.53. The summed E-state index contributed by atoms with van der Waals surface area (Å²) in [4.78, 5) is 7.53. The van der Waals surface area contributed by atoms with Crippen LogP contribution < -0.4 is 5.32 Å². The number of hydrogen-bond donors (Lipinski definition) is 1. The van der Waals surface area contributed by atoms with Crippen molar-refractivity contribution in [3.05, 3.63) is 35.5 Å². The molecule has 2 aromatic rings. The average molecular weight is 418 g/mol. The molecule has 2 atom stereocenters. The molecule has 2 aromatic heterocycles. The molecular weight excluding hydrogens is 399 g/mol. The van der Waals surface area contributed by atoms with Gasteiger partial charge in [0.2, 0.25) is 0 Å². The molecule has 1 N–H and O–H groups in total. The van der Waals surface area contributed by atoms with Gasteiger partial charge in [-0.1, -0.05) is 6.92 Å². The van der Waals surface area contributed by atoms with Crippen molar-refractivity contribution in [2.45, 2.75) is 51.6 Å². The van der Waals surface area contributed by atoms with Gasteiger partial charge in [0, 0.05) is 22.0 Å². The summed E-state index contributed by atoms with van der Waals surface area (Å²) in [7, 11) is 0. The zero-order valence-corrected chi connectivity index (χ0v) is 15.6. The van der Waals surface area contributed by atoms with Crippen molar-refractivity contribution in [1.29, 1.82) is 0 Å². The summed E-state index contributed by atoms with van der Waals surface area (Å²) in [6.07, 6.45) is 6.91. The maximum absolute atomic E-state index is 4.57. The number of fused-ring (bicyclic) bond motifs is 1. The predicted octanol–water partition coefficient (Wildman–Crippen LogP) is 5.10. The van der Waals surface area contributed by atoms with E-state index in [1.807, 2.05) is 28.9 Å². The van der Waals surface area contributed by atoms with Crippen LogP contribution in [0.1, 0.15) is 59.1 Å². The van der Waals surface area contributed by atoms with Crippen LogP contribution in [0.5, 0.6) is 0 Å². The van der Waals surface area contributed by atoms with Crippen LogP contribution in [-0.4, -0.2) is 4.98 Å². The van der Waals surface area contributed by atoms with Crippen molar-refractivity contribution in [3.8, 4) is 0 Å². The highest BCUT2D eigenvalue weighted by atomic mass is 127. The number of hydrogen-bond acceptors (Lipinski definition) is 4. The zero-order chi connectivity index (χ0) is 14.1. The third-order valence-corrected chi connectivity index (χ3v) is 7.12. The van der Waals surface area contributed by atoms with Crippen LogP contribution in [0.25, 0.3) is 0 Å². The van der Waals surface area contributed by atoms with Crippen LogP contribution in [0.3, 0.4) is 0 Å². The van der Waals surface area contributed by atoms with Gasteiger partial charge in [0.25, 0.3) is 0 Å². The molecule has 0 saturated carbocycles. The van der Waals surface area contributed by atoms with Gasteiger partial charge in [0.05, 0.1) is 8.93 Å². The van der Waals surface area contributed by atoms with Gasteiger partial charge in [-0.3, -0.25) is 0 Å². The highest BCUT2D eigenvalue weighted by molar-refractivity contribution is 14.1. The Morgan fingerprint density at radius 3 is 3.10 bits per heavy atom. The first-order chi connectivity index (χ1) is 9.67. The SMILES string of the molecule is CCc1cnc(C(C)NC2CCCc3sc(I)cc32)s1. The molecule has 0 aliphatic heterocycles. The Labute approximate surface area is 142 Å². The smallest absolute Gasteiger partial charge is 0.109 e. The largest absolute Gasteiger partial charge is 0.301 e. The van der Waals surface area contributed by atoms with E-state index in [0.29, 0.717) is 12.1 Å². The Balaban J connectivity index is 1.74. The number of aryl methyl sites for hydroxylation is 2. The molecule has 0 amide bonds. The minimum Gasteiger partial charge on any atom is -0.301 e. The van der Waals surface area contributed by atoms with Gasteiger partial charge in [0.1, 0.15) is 5.01 Å². The monoisotopic (exact) mass is 418 g/mol. The highest BCUT2D eigenvalue weighted by Gasteiger charge is 2.24. The number of nitrogens with one attached hydrogen (secondary N) is 1. The molecule has 0 aromatic carbocycles. The molecule has 3 rings (SSSR count). The Bertz CT molecular complexity index is 590. The average Bonchev–Trinajstić information content (AvgIpc) is 3.04. The molecule has 1 aliphatic carbocycles. The van der Waals surface area contributed by atoms with E-state index in [9.17, 15) is 0 Å². The summed E-state index contributed by atoms with van der Waals surface area (Å²) in [5.74, 6) is 0. The lowest BCUT2D eigenvalue weighted by Gasteiger charge is -2.26. The van der Waals surface area contributed by atoms with E-state index in [1.165, 1.54) is 37.6 Å². The Morgan fingerprint density at radius 1 is 1.50 bits per heavy atom. The van der Waals surface area contributed by atoms with E-state index in [1.54, 1.807) is 4.88 Å². The van der Waals surface area contributed by atoms with E-state index < -0.39 is 0 Å². The van der Waals surface area contributed by atoms with E-state index >= 15 is 0 Å². The minimum atomic E-state index is 0.341. The normalized spacial score (nSPS) is 19.9. The number of thiophene rings is 1. The standard InChI is InChI=1S/C15H19IN2S2/c1-3-10-8-17-15(19-10)9(2)18-12-5-4-6-13-11(12)7-14(16)20-13/h7-9,12,18H,3-6H2,1-2H3. The lowest BCUT2D eigenvalue weighted by atomic mass is 9.93. The maximum atomic E-state index is 4.57. The minimum absolute atomic E-state index is 0.341. The van der Waals surface area contributed by atoms with E-state index in [2.05, 4.69) is 52.8 Å². The topological polar surface area (TPSA) is 24.9 Å². The molecule has 108 valence electrons. The van der Waals surface area contributed by atoms with Crippen LogP contribution in [0.15, 0.2) is 12.3 Å². The second-order valence-corrected chi connectivity index (χ2v) is 9.46. The van der Waals surface area contributed by atoms with Crippen molar-refractivity contribution >= 4 is 45.3 Å². The number of rotatable bonds is 4. The number of nitrogens with zero attached hydrogens (tertiary/aromatic N) is 1. The van der Waals surface area contributed by atoms with Crippen LogP contribution in [0, 0.1) is 2.88 Å². The van der Waals surface area contributed by atoms with Gasteiger partial charge in [-0.2, -0.15) is 0 Å². The van der Waals surface area contributed by atoms with Crippen LogP contribution in [-0.2, 0) is 12.8 Å². The van der Waals surface area contributed by atoms with Crippen molar-refractivity contribution in [3.63, 3.8) is 0 Å². The predicted molar refractivity (Wildman–Crippen MR) is 95.8 cm³/mol. The third kappa shape index (κ3) is 3.10. The fourth-order valence-electron chi connectivity index (χ4n) is 2.75. The first-order valence-corrected chi connectivity index (χ1v) is 9.87. The summed E-state index contributed by atoms with van der Waals surface area (Å²) >= 11 is 6.25. The van der Waals surface area contributed by atoms with Gasteiger partial charge in [-0.25, -0.2) is 4.98 Å². The third-order valence-electron chi connectivity index (χ3n) is 3.83. The quantitative estimate of drug-likeness (QED) is 0.699. The zero-order valence-electron chi connectivity index (χ0n) is 11.8. The molecule has 0 spiro atoms. The lowest BCUT2D eigenvalue weighted by Crippen LogP contribution is -2.26. The maximum Gasteiger partial charge on any atom is 0.109 e. The molecule has 1 aliphatic rings. The van der Waals surface area contributed by atoms with Crippen LogP contribution in [0.2, 0.25) is 0 Å². The van der Waals surface area contributed by atoms with E-state index in [0.717, 1.165) is 6.42 Å². The molecule has 2 unspecified atom stereocenters. The number of aromatic nitrogens is 1. The molecule has 0 fully saturated rings. The van der Waals surface area contributed by atoms with Crippen molar-refractivity contribution in [2.24, 2.45) is 0 Å². The molecule has 0 radical (unpaired) electrons. The summed E-state index contributed by atoms with van der Waals surface area (Å²) in [6.45, 7) is 4.43. The van der Waals surface area contributed by atoms with Crippen molar-refractivity contribution in [2.75, 3.05) is 0 Å². The van der Waals surface area contributed by atoms with Gasteiger partial charge in [-0.05, 0) is 66.8 Å². The molecule has 0 saturated heterocycles. The van der Waals surface area contributed by atoms with Gasteiger partial charge in [0.15, 0.2) is 0 Å². The fraction of sp³-hybridized carbons (Fsp3) is 0.533. The van der Waals surface area contributed by atoms with Gasteiger partial charge >= 0.3 is 0 Å². The van der Waals surface area contributed by atoms with Gasteiger partial charge < -0.3 is 5.32 Å². The molecule has 2 heterocycles. The molecule has 2 nitrogen and oxygen atoms in total. The second-order valence-electron chi connectivity index (χ2n) is 5.28. The molecule has 5 heteroatoms. The van der Waals surface area contributed by atoms with Crippen LogP contribution in [0.4, 0.5) is 0 Å². The van der Waals surface area contributed by atoms with Crippen LogP contribution >= 0.6 is 45.3 Å². The van der Waals surface area contributed by atoms with E-state index in [-0.39, 0.29) is 0 Å². The summed E-state index contributed by atoms with van der Waals surface area (Å²) in [6, 6.07) is 3.21. The van der Waals surface area contributed by atoms with Crippen molar-refractivity contribution in [1.82, 2.24) is 10.3 Å². The molecule has 0 bridgehead atoms. The second kappa shape index (κ2) is 6.42. The molecular formula is C15H19IN2S2.